The molecule has 1 aliphatic heterocycles. The molecule has 0 spiro atoms. The van der Waals surface area contributed by atoms with E-state index in [0.29, 0.717) is 13.0 Å². The van der Waals surface area contributed by atoms with Crippen LogP contribution in [0, 0.1) is 0 Å². The molecule has 1 aromatic carbocycles. The lowest BCUT2D eigenvalue weighted by atomic mass is 10.1. The lowest BCUT2D eigenvalue weighted by molar-refractivity contribution is -0.125. The monoisotopic (exact) mass is 272 g/mol. The van der Waals surface area contributed by atoms with E-state index >= 15 is 0 Å². The van der Waals surface area contributed by atoms with Gasteiger partial charge >= 0.3 is 0 Å². The maximum atomic E-state index is 11.9. The minimum Gasteiger partial charge on any atom is -0.378 e. The maximum absolute atomic E-state index is 11.9. The summed E-state index contributed by atoms with van der Waals surface area (Å²) in [6.45, 7) is 1.36. The number of aromatic nitrogens is 1. The van der Waals surface area contributed by atoms with Crippen LogP contribution in [0.3, 0.4) is 0 Å². The zero-order valence-corrected chi connectivity index (χ0v) is 11.5. The molecular weight excluding hydrogens is 252 g/mol. The SMILES string of the molecule is O=C(CC1CCCCO1)NCc1c[nH]c2ccccc12. The second kappa shape index (κ2) is 6.09. The van der Waals surface area contributed by atoms with Crippen molar-refractivity contribution in [2.75, 3.05) is 6.61 Å². The van der Waals surface area contributed by atoms with Crippen LogP contribution in [0.25, 0.3) is 10.9 Å². The number of aromatic amines is 1. The minimum atomic E-state index is 0.0715. The molecule has 106 valence electrons. The molecule has 1 atom stereocenters. The second-order valence-corrected chi connectivity index (χ2v) is 5.33. The summed E-state index contributed by atoms with van der Waals surface area (Å²) in [7, 11) is 0. The Labute approximate surface area is 118 Å². The summed E-state index contributed by atoms with van der Waals surface area (Å²) in [5.74, 6) is 0.0715. The van der Waals surface area contributed by atoms with E-state index in [1.807, 2.05) is 24.4 Å². The number of benzene rings is 1. The molecule has 0 radical (unpaired) electrons. The molecule has 2 heterocycles. The predicted molar refractivity (Wildman–Crippen MR) is 78.4 cm³/mol. The fourth-order valence-corrected chi connectivity index (χ4v) is 2.72. The van der Waals surface area contributed by atoms with E-state index in [4.69, 9.17) is 4.74 Å². The van der Waals surface area contributed by atoms with Crippen LogP contribution in [-0.2, 0) is 16.1 Å². The third-order valence-corrected chi connectivity index (χ3v) is 3.84. The van der Waals surface area contributed by atoms with Gasteiger partial charge in [0, 0.05) is 30.3 Å². The summed E-state index contributed by atoms with van der Waals surface area (Å²) >= 11 is 0. The van der Waals surface area contributed by atoms with Gasteiger partial charge in [0.25, 0.3) is 0 Å². The van der Waals surface area contributed by atoms with Crippen LogP contribution in [-0.4, -0.2) is 23.6 Å². The Bertz CT molecular complexity index is 585. The Morgan fingerprint density at radius 3 is 3.10 bits per heavy atom. The van der Waals surface area contributed by atoms with Gasteiger partial charge in [0.05, 0.1) is 12.5 Å². The number of amides is 1. The molecule has 1 aliphatic rings. The number of nitrogens with one attached hydrogen (secondary N) is 2. The number of hydrogen-bond acceptors (Lipinski definition) is 2. The van der Waals surface area contributed by atoms with E-state index in [1.54, 1.807) is 0 Å². The maximum Gasteiger partial charge on any atom is 0.222 e. The minimum absolute atomic E-state index is 0.0715. The van der Waals surface area contributed by atoms with Crippen LogP contribution < -0.4 is 5.32 Å². The van der Waals surface area contributed by atoms with Gasteiger partial charge in [0.15, 0.2) is 0 Å². The van der Waals surface area contributed by atoms with Crippen molar-refractivity contribution in [1.82, 2.24) is 10.3 Å². The number of ether oxygens (including phenoxy) is 1. The summed E-state index contributed by atoms with van der Waals surface area (Å²) < 4.78 is 5.59. The highest BCUT2D eigenvalue weighted by Gasteiger charge is 2.17. The molecule has 1 saturated heterocycles. The number of para-hydroxylation sites is 1. The standard InChI is InChI=1S/C16H20N2O2/c19-16(9-13-5-3-4-8-20-13)18-11-12-10-17-15-7-2-1-6-14(12)15/h1-2,6-7,10,13,17H,3-5,8-9,11H2,(H,18,19). The first-order valence-electron chi connectivity index (χ1n) is 7.26. The number of hydrogen-bond donors (Lipinski definition) is 2. The van der Waals surface area contributed by atoms with Crippen molar-refractivity contribution < 1.29 is 9.53 Å². The zero-order valence-electron chi connectivity index (χ0n) is 11.5. The van der Waals surface area contributed by atoms with Gasteiger partial charge in [0.2, 0.25) is 5.91 Å². The predicted octanol–water partition coefficient (Wildman–Crippen LogP) is 2.74. The van der Waals surface area contributed by atoms with Crippen LogP contribution in [0.4, 0.5) is 0 Å². The van der Waals surface area contributed by atoms with E-state index in [9.17, 15) is 4.79 Å². The fraction of sp³-hybridized carbons (Fsp3) is 0.438. The van der Waals surface area contributed by atoms with Gasteiger partial charge in [0.1, 0.15) is 0 Å². The van der Waals surface area contributed by atoms with Gasteiger partial charge in [-0.05, 0) is 30.9 Å². The van der Waals surface area contributed by atoms with Gasteiger partial charge < -0.3 is 15.0 Å². The van der Waals surface area contributed by atoms with E-state index < -0.39 is 0 Å². The summed E-state index contributed by atoms with van der Waals surface area (Å²) in [6, 6.07) is 8.12. The first-order valence-corrected chi connectivity index (χ1v) is 7.26. The Balaban J connectivity index is 1.54. The second-order valence-electron chi connectivity index (χ2n) is 5.33. The molecule has 20 heavy (non-hydrogen) atoms. The number of fused-ring (bicyclic) bond motifs is 1. The van der Waals surface area contributed by atoms with Crippen molar-refractivity contribution in [3.05, 3.63) is 36.0 Å². The number of carbonyl (C=O) groups is 1. The van der Waals surface area contributed by atoms with Crippen LogP contribution in [0.1, 0.15) is 31.2 Å². The molecule has 0 bridgehead atoms. The molecule has 0 saturated carbocycles. The number of H-pyrrole nitrogens is 1. The fourth-order valence-electron chi connectivity index (χ4n) is 2.72. The largest absolute Gasteiger partial charge is 0.378 e. The molecule has 1 amide bonds. The molecule has 4 heteroatoms. The zero-order chi connectivity index (χ0) is 13.8. The van der Waals surface area contributed by atoms with Crippen LogP contribution in [0.5, 0.6) is 0 Å². The van der Waals surface area contributed by atoms with Gasteiger partial charge in [-0.3, -0.25) is 4.79 Å². The Kier molecular flexibility index (Phi) is 4.02. The van der Waals surface area contributed by atoms with Crippen LogP contribution in [0.2, 0.25) is 0 Å². The smallest absolute Gasteiger partial charge is 0.222 e. The topological polar surface area (TPSA) is 54.1 Å². The van der Waals surface area contributed by atoms with Gasteiger partial charge in [-0.1, -0.05) is 18.2 Å². The molecule has 2 N–H and O–H groups in total. The molecular formula is C16H20N2O2. The van der Waals surface area contributed by atoms with Gasteiger partial charge in [-0.15, -0.1) is 0 Å². The Morgan fingerprint density at radius 2 is 2.25 bits per heavy atom. The molecule has 3 rings (SSSR count). The molecule has 0 aliphatic carbocycles. The highest BCUT2D eigenvalue weighted by atomic mass is 16.5. The average Bonchev–Trinajstić information content (AvgIpc) is 2.89. The van der Waals surface area contributed by atoms with Crippen molar-refractivity contribution in [2.24, 2.45) is 0 Å². The summed E-state index contributed by atoms with van der Waals surface area (Å²) in [5.41, 5.74) is 2.23. The molecule has 1 unspecified atom stereocenters. The van der Waals surface area contributed by atoms with Crippen LogP contribution >= 0.6 is 0 Å². The highest BCUT2D eigenvalue weighted by molar-refractivity contribution is 5.84. The van der Waals surface area contributed by atoms with Crippen LogP contribution in [0.15, 0.2) is 30.5 Å². The van der Waals surface area contributed by atoms with Crippen molar-refractivity contribution >= 4 is 16.8 Å². The van der Waals surface area contributed by atoms with Gasteiger partial charge in [-0.25, -0.2) is 0 Å². The summed E-state index contributed by atoms with van der Waals surface area (Å²) in [6.07, 6.45) is 5.82. The highest BCUT2D eigenvalue weighted by Crippen LogP contribution is 2.18. The first kappa shape index (κ1) is 13.2. The van der Waals surface area contributed by atoms with Crippen molar-refractivity contribution in [3.63, 3.8) is 0 Å². The first-order chi connectivity index (χ1) is 9.83. The quantitative estimate of drug-likeness (QED) is 0.899. The number of carbonyl (C=O) groups excluding carboxylic acids is 1. The Hall–Kier alpha value is -1.81. The van der Waals surface area contributed by atoms with Gasteiger partial charge in [-0.2, -0.15) is 0 Å². The molecule has 1 aromatic heterocycles. The molecule has 1 fully saturated rings. The third kappa shape index (κ3) is 3.02. The average molecular weight is 272 g/mol. The third-order valence-electron chi connectivity index (χ3n) is 3.84. The lowest BCUT2D eigenvalue weighted by Gasteiger charge is -2.21. The molecule has 2 aromatic rings. The van der Waals surface area contributed by atoms with E-state index in [2.05, 4.69) is 16.4 Å². The Morgan fingerprint density at radius 1 is 1.35 bits per heavy atom. The van der Waals surface area contributed by atoms with Crippen molar-refractivity contribution in [3.8, 4) is 0 Å². The normalized spacial score (nSPS) is 19.1. The summed E-state index contributed by atoms with van der Waals surface area (Å²) in [5, 5.41) is 4.15. The van der Waals surface area contributed by atoms with E-state index in [-0.39, 0.29) is 12.0 Å². The number of rotatable bonds is 4. The van der Waals surface area contributed by atoms with E-state index in [1.165, 1.54) is 11.8 Å². The lowest BCUT2D eigenvalue weighted by Crippen LogP contribution is -2.30. The van der Waals surface area contributed by atoms with E-state index in [0.717, 1.165) is 30.5 Å². The summed E-state index contributed by atoms with van der Waals surface area (Å²) in [4.78, 5) is 15.2. The van der Waals surface area contributed by atoms with Crippen molar-refractivity contribution in [2.45, 2.75) is 38.3 Å². The van der Waals surface area contributed by atoms with Crippen molar-refractivity contribution in [1.29, 1.82) is 0 Å². The molecule has 4 nitrogen and oxygen atoms in total.